The zero-order chi connectivity index (χ0) is 20.3. The minimum Gasteiger partial charge on any atom is -0.396 e. The molecule has 1 aliphatic heterocycles. The number of likely N-dealkylation sites (tertiary alicyclic amines) is 1. The maximum Gasteiger partial charge on any atom is 0.254 e. The molecule has 0 saturated carbocycles. The van der Waals surface area contributed by atoms with Gasteiger partial charge in [-0.2, -0.15) is 0 Å². The molecule has 0 spiro atoms. The lowest BCUT2D eigenvalue weighted by molar-refractivity contribution is 0.000883. The fraction of sp³-hybridized carbons (Fsp3) is 0.619. The van der Waals surface area contributed by atoms with Gasteiger partial charge in [0.2, 0.25) is 0 Å². The lowest BCUT2D eigenvalue weighted by atomic mass is 9.94. The Balaban J connectivity index is 0.00000225. The van der Waals surface area contributed by atoms with Gasteiger partial charge in [-0.25, -0.2) is 4.98 Å². The van der Waals surface area contributed by atoms with Gasteiger partial charge < -0.3 is 25.4 Å². The molecule has 2 aromatic rings. The first kappa shape index (κ1) is 26.7. The molecule has 2 atom stereocenters. The van der Waals surface area contributed by atoms with Gasteiger partial charge in [-0.15, -0.1) is 24.8 Å². The number of fused-ring (bicyclic) bond motifs is 1. The molecule has 30 heavy (non-hydrogen) atoms. The van der Waals surface area contributed by atoms with E-state index in [1.807, 2.05) is 18.2 Å². The van der Waals surface area contributed by atoms with Crippen molar-refractivity contribution in [2.75, 3.05) is 26.2 Å². The van der Waals surface area contributed by atoms with E-state index < -0.39 is 6.10 Å². The lowest BCUT2D eigenvalue weighted by Crippen LogP contribution is -2.47. The monoisotopic (exact) mass is 460 g/mol. The van der Waals surface area contributed by atoms with E-state index in [1.165, 1.54) is 0 Å². The van der Waals surface area contributed by atoms with Crippen LogP contribution in [-0.4, -0.2) is 62.9 Å². The number of nitrogens with two attached hydrogens (primary N) is 1. The molecule has 170 valence electrons. The molecular weight excluding hydrogens is 427 g/mol. The van der Waals surface area contributed by atoms with Crippen LogP contribution in [0.1, 0.15) is 42.9 Å². The van der Waals surface area contributed by atoms with Gasteiger partial charge in [-0.3, -0.25) is 4.79 Å². The Bertz CT molecular complexity index is 828. The molecule has 3 rings (SSSR count). The number of β-amino-alcohol motifs (C(OH)–C–C–N with tert-alkyl or cyclic N) is 1. The summed E-state index contributed by atoms with van der Waals surface area (Å²) in [4.78, 5) is 19.5. The molecule has 1 amide bonds. The third-order valence-corrected chi connectivity index (χ3v) is 5.49. The van der Waals surface area contributed by atoms with E-state index in [0.717, 1.165) is 36.2 Å². The zero-order valence-corrected chi connectivity index (χ0v) is 19.3. The van der Waals surface area contributed by atoms with Crippen molar-refractivity contribution in [2.45, 2.75) is 45.8 Å². The number of nitrogens with zero attached hydrogens (tertiary/aromatic N) is 3. The number of carbonyl (C=O) groups is 1. The highest BCUT2D eigenvalue weighted by Gasteiger charge is 2.30. The topological polar surface area (TPSA) is 105 Å². The van der Waals surface area contributed by atoms with E-state index in [-0.39, 0.29) is 49.8 Å². The highest BCUT2D eigenvalue weighted by Crippen LogP contribution is 2.23. The van der Waals surface area contributed by atoms with Gasteiger partial charge in [0.25, 0.3) is 5.91 Å². The molecular formula is C21H34Cl2N4O3. The average molecular weight is 461 g/mol. The Morgan fingerprint density at radius 3 is 2.67 bits per heavy atom. The Labute approximate surface area is 190 Å². The number of aromatic nitrogens is 2. The van der Waals surface area contributed by atoms with Gasteiger partial charge in [0.1, 0.15) is 5.82 Å². The maximum absolute atomic E-state index is 13.0. The van der Waals surface area contributed by atoms with Crippen LogP contribution in [0.5, 0.6) is 0 Å². The van der Waals surface area contributed by atoms with E-state index in [0.29, 0.717) is 31.0 Å². The molecule has 9 heteroatoms. The highest BCUT2D eigenvalue weighted by molar-refractivity contribution is 5.97. The summed E-state index contributed by atoms with van der Waals surface area (Å²) >= 11 is 0. The molecule has 1 aromatic heterocycles. The molecule has 4 N–H and O–H groups in total. The van der Waals surface area contributed by atoms with Crippen molar-refractivity contribution in [1.82, 2.24) is 14.5 Å². The second-order valence-electron chi connectivity index (χ2n) is 8.17. The summed E-state index contributed by atoms with van der Waals surface area (Å²) in [7, 11) is 0. The average Bonchev–Trinajstić information content (AvgIpc) is 3.01. The van der Waals surface area contributed by atoms with Crippen LogP contribution in [0.3, 0.4) is 0 Å². The van der Waals surface area contributed by atoms with Crippen LogP contribution in [0.2, 0.25) is 0 Å². The number of amides is 1. The smallest absolute Gasteiger partial charge is 0.254 e. The summed E-state index contributed by atoms with van der Waals surface area (Å²) in [6.45, 7) is 6.49. The summed E-state index contributed by atoms with van der Waals surface area (Å²) in [5.41, 5.74) is 8.17. The van der Waals surface area contributed by atoms with Gasteiger partial charge in [0, 0.05) is 44.1 Å². The van der Waals surface area contributed by atoms with E-state index in [9.17, 15) is 15.0 Å². The number of aliphatic hydroxyl groups excluding tert-OH is 2. The summed E-state index contributed by atoms with van der Waals surface area (Å²) in [5, 5.41) is 19.5. The number of halogens is 2. The SMILES string of the molecule is CC(C)Cc1nc2ccc(C(=O)N3CC[C@H](CO)[C@H](O)C3)cc2n1CCCN.Cl.Cl. The molecule has 7 nitrogen and oxygen atoms in total. The fourth-order valence-corrected chi connectivity index (χ4v) is 3.89. The minimum atomic E-state index is -0.681. The third kappa shape index (κ3) is 5.86. The first-order chi connectivity index (χ1) is 13.4. The number of rotatable bonds is 7. The quantitative estimate of drug-likeness (QED) is 0.587. The van der Waals surface area contributed by atoms with Gasteiger partial charge in [-0.05, 0) is 43.5 Å². The number of aryl methyl sites for hydroxylation is 1. The molecule has 0 bridgehead atoms. The number of benzene rings is 1. The van der Waals surface area contributed by atoms with Crippen LogP contribution in [0.25, 0.3) is 11.0 Å². The molecule has 1 aromatic carbocycles. The number of piperidine rings is 1. The van der Waals surface area contributed by atoms with E-state index in [4.69, 9.17) is 10.7 Å². The van der Waals surface area contributed by atoms with Crippen molar-refractivity contribution in [3.8, 4) is 0 Å². The summed E-state index contributed by atoms with van der Waals surface area (Å²) in [6, 6.07) is 5.63. The van der Waals surface area contributed by atoms with Crippen LogP contribution < -0.4 is 5.73 Å². The highest BCUT2D eigenvalue weighted by atomic mass is 35.5. The van der Waals surface area contributed by atoms with Crippen molar-refractivity contribution in [3.05, 3.63) is 29.6 Å². The zero-order valence-electron chi connectivity index (χ0n) is 17.7. The summed E-state index contributed by atoms with van der Waals surface area (Å²) < 4.78 is 2.19. The minimum absolute atomic E-state index is 0. The van der Waals surface area contributed by atoms with Crippen LogP contribution in [-0.2, 0) is 13.0 Å². The lowest BCUT2D eigenvalue weighted by Gasteiger charge is -2.35. The fourth-order valence-electron chi connectivity index (χ4n) is 3.89. The first-order valence-electron chi connectivity index (χ1n) is 10.2. The molecule has 0 aliphatic carbocycles. The Morgan fingerprint density at radius 1 is 1.33 bits per heavy atom. The number of carbonyl (C=O) groups excluding carboxylic acids is 1. The molecule has 1 aliphatic rings. The van der Waals surface area contributed by atoms with Crippen molar-refractivity contribution >= 4 is 41.8 Å². The maximum atomic E-state index is 13.0. The number of aliphatic hydroxyl groups is 2. The predicted molar refractivity (Wildman–Crippen MR) is 124 cm³/mol. The van der Waals surface area contributed by atoms with Crippen molar-refractivity contribution < 1.29 is 15.0 Å². The van der Waals surface area contributed by atoms with Crippen LogP contribution in [0.15, 0.2) is 18.2 Å². The van der Waals surface area contributed by atoms with Crippen LogP contribution in [0.4, 0.5) is 0 Å². The summed E-state index contributed by atoms with van der Waals surface area (Å²) in [5.74, 6) is 1.28. The van der Waals surface area contributed by atoms with E-state index in [1.54, 1.807) is 4.90 Å². The number of imidazole rings is 1. The van der Waals surface area contributed by atoms with Crippen molar-refractivity contribution in [2.24, 2.45) is 17.6 Å². The largest absolute Gasteiger partial charge is 0.396 e. The molecule has 0 unspecified atom stereocenters. The van der Waals surface area contributed by atoms with Gasteiger partial charge in [-0.1, -0.05) is 13.8 Å². The molecule has 0 radical (unpaired) electrons. The van der Waals surface area contributed by atoms with E-state index in [2.05, 4.69) is 18.4 Å². The van der Waals surface area contributed by atoms with Gasteiger partial charge in [0.05, 0.1) is 17.1 Å². The standard InChI is InChI=1S/C21H32N4O3.2ClH/c1-14(2)10-20-23-17-5-4-15(11-18(17)25(20)8-3-7-22)21(28)24-9-6-16(13-26)19(27)12-24;;/h4-5,11,14,16,19,26-27H,3,6-10,12-13,22H2,1-2H3;2*1H/t16-,19-;;/m1../s1. The second-order valence-corrected chi connectivity index (χ2v) is 8.17. The Kier molecular flexibility index (Phi) is 10.5. The second kappa shape index (κ2) is 11.9. The predicted octanol–water partition coefficient (Wildman–Crippen LogP) is 2.24. The van der Waals surface area contributed by atoms with Gasteiger partial charge in [0.15, 0.2) is 0 Å². The Morgan fingerprint density at radius 2 is 2.07 bits per heavy atom. The Hall–Kier alpha value is -1.38. The first-order valence-corrected chi connectivity index (χ1v) is 10.2. The number of hydrogen-bond donors (Lipinski definition) is 3. The molecule has 1 fully saturated rings. The van der Waals surface area contributed by atoms with Gasteiger partial charge >= 0.3 is 0 Å². The third-order valence-electron chi connectivity index (χ3n) is 5.49. The summed E-state index contributed by atoms with van der Waals surface area (Å²) in [6.07, 6.45) is 1.66. The van der Waals surface area contributed by atoms with Crippen molar-refractivity contribution in [3.63, 3.8) is 0 Å². The molecule has 1 saturated heterocycles. The van der Waals surface area contributed by atoms with Crippen LogP contribution in [0, 0.1) is 11.8 Å². The normalized spacial score (nSPS) is 18.9. The number of hydrogen-bond acceptors (Lipinski definition) is 5. The van der Waals surface area contributed by atoms with E-state index >= 15 is 0 Å². The molecule has 2 heterocycles. The van der Waals surface area contributed by atoms with Crippen LogP contribution >= 0.6 is 24.8 Å². The van der Waals surface area contributed by atoms with Crippen molar-refractivity contribution in [1.29, 1.82) is 0 Å².